The molecule has 3 N–H and O–H groups in total. The molecule has 0 unspecified atom stereocenters. The maximum atomic E-state index is 11.2. The molecular weight excluding hydrogens is 156 g/mol. The fourth-order valence-corrected chi connectivity index (χ4v) is 0.817. The van der Waals surface area contributed by atoms with Crippen LogP contribution in [0.2, 0.25) is 0 Å². The van der Waals surface area contributed by atoms with Crippen LogP contribution in [0.4, 0.5) is 0 Å². The number of aryl methyl sites for hydroxylation is 1. The summed E-state index contributed by atoms with van der Waals surface area (Å²) in [5.41, 5.74) is 1.04. The first kappa shape index (κ1) is 8.45. The molecule has 1 amide bonds. The third-order valence-corrected chi connectivity index (χ3v) is 1.35. The summed E-state index contributed by atoms with van der Waals surface area (Å²) in [6.45, 7) is 3.25. The number of H-pyrrole nitrogens is 1. The van der Waals surface area contributed by atoms with E-state index in [4.69, 9.17) is 5.41 Å². The Morgan fingerprint density at radius 1 is 1.75 bits per heavy atom. The molecule has 1 heterocycles. The number of aromatic amines is 1. The molecule has 0 atom stereocenters. The Bertz CT molecular complexity index is 315. The average molecular weight is 166 g/mol. The maximum absolute atomic E-state index is 11.2. The lowest BCUT2D eigenvalue weighted by molar-refractivity contribution is 0.0971. The normalized spacial score (nSPS) is 9.50. The number of carbonyl (C=O) groups is 1. The fourth-order valence-electron chi connectivity index (χ4n) is 0.817. The van der Waals surface area contributed by atoms with Crippen LogP contribution in [0.25, 0.3) is 0 Å². The topological polar surface area (TPSA) is 81.6 Å². The monoisotopic (exact) mass is 166 g/mol. The zero-order chi connectivity index (χ0) is 9.14. The van der Waals surface area contributed by atoms with Gasteiger partial charge in [0.15, 0.2) is 0 Å². The summed E-state index contributed by atoms with van der Waals surface area (Å²) in [6.07, 6.45) is 1.45. The van der Waals surface area contributed by atoms with Crippen LogP contribution in [-0.4, -0.2) is 21.7 Å². The zero-order valence-corrected chi connectivity index (χ0v) is 6.93. The van der Waals surface area contributed by atoms with E-state index in [1.54, 1.807) is 6.92 Å². The molecule has 5 nitrogen and oxygen atoms in total. The summed E-state index contributed by atoms with van der Waals surface area (Å²) in [6, 6.07) is 0. The molecule has 0 bridgehead atoms. The molecule has 5 heteroatoms. The van der Waals surface area contributed by atoms with E-state index in [0.717, 1.165) is 0 Å². The summed E-state index contributed by atoms with van der Waals surface area (Å²) in [7, 11) is 0. The van der Waals surface area contributed by atoms with Crippen molar-refractivity contribution < 1.29 is 4.79 Å². The standard InChI is InChI=1S/C7H10N4O/c1-4-6(10-3-9-4)7(12)11-5(2)8/h3H,1-2H3,(H,9,10)(H2,8,11,12). The number of amides is 1. The van der Waals surface area contributed by atoms with Crippen LogP contribution in [0.3, 0.4) is 0 Å². The van der Waals surface area contributed by atoms with Gasteiger partial charge < -0.3 is 10.3 Å². The predicted molar refractivity (Wildman–Crippen MR) is 44.2 cm³/mol. The van der Waals surface area contributed by atoms with Crippen molar-refractivity contribution in [2.75, 3.05) is 0 Å². The van der Waals surface area contributed by atoms with Gasteiger partial charge in [-0.2, -0.15) is 0 Å². The quantitative estimate of drug-likeness (QED) is 0.418. The molecule has 1 aromatic rings. The first-order valence-corrected chi connectivity index (χ1v) is 3.47. The van der Waals surface area contributed by atoms with E-state index in [1.807, 2.05) is 0 Å². The first-order valence-electron chi connectivity index (χ1n) is 3.47. The van der Waals surface area contributed by atoms with Gasteiger partial charge in [-0.1, -0.05) is 0 Å². The smallest absolute Gasteiger partial charge is 0.277 e. The van der Waals surface area contributed by atoms with Crippen molar-refractivity contribution in [1.82, 2.24) is 15.3 Å². The number of imidazole rings is 1. The average Bonchev–Trinajstić information content (AvgIpc) is 2.33. The predicted octanol–water partition coefficient (Wildman–Crippen LogP) is 0.445. The number of amidine groups is 1. The van der Waals surface area contributed by atoms with Gasteiger partial charge in [0, 0.05) is 5.69 Å². The molecule has 0 aliphatic carbocycles. The maximum Gasteiger partial charge on any atom is 0.277 e. The molecule has 1 aromatic heterocycles. The summed E-state index contributed by atoms with van der Waals surface area (Å²) in [5, 5.41) is 9.38. The molecule has 0 aliphatic heterocycles. The van der Waals surface area contributed by atoms with Gasteiger partial charge in [-0.15, -0.1) is 0 Å². The number of rotatable bonds is 1. The van der Waals surface area contributed by atoms with Crippen molar-refractivity contribution in [2.24, 2.45) is 0 Å². The molecule has 12 heavy (non-hydrogen) atoms. The number of nitrogens with one attached hydrogen (secondary N) is 3. The van der Waals surface area contributed by atoms with Crippen LogP contribution in [0.15, 0.2) is 6.33 Å². The van der Waals surface area contributed by atoms with Crippen LogP contribution in [-0.2, 0) is 0 Å². The minimum atomic E-state index is -0.346. The zero-order valence-electron chi connectivity index (χ0n) is 6.93. The number of carbonyl (C=O) groups excluding carboxylic acids is 1. The third-order valence-electron chi connectivity index (χ3n) is 1.35. The lowest BCUT2D eigenvalue weighted by Gasteiger charge is -1.99. The minimum Gasteiger partial charge on any atom is -0.348 e. The second-order valence-electron chi connectivity index (χ2n) is 2.46. The number of aromatic nitrogens is 2. The second kappa shape index (κ2) is 3.17. The lowest BCUT2D eigenvalue weighted by atomic mass is 10.3. The lowest BCUT2D eigenvalue weighted by Crippen LogP contribution is -2.28. The van der Waals surface area contributed by atoms with Gasteiger partial charge in [-0.25, -0.2) is 4.98 Å². The number of nitrogens with zero attached hydrogens (tertiary/aromatic N) is 1. The Morgan fingerprint density at radius 2 is 2.42 bits per heavy atom. The summed E-state index contributed by atoms with van der Waals surface area (Å²) in [5.74, 6) is -0.233. The van der Waals surface area contributed by atoms with Crippen molar-refractivity contribution in [1.29, 1.82) is 5.41 Å². The second-order valence-corrected chi connectivity index (χ2v) is 2.46. The number of hydrogen-bond acceptors (Lipinski definition) is 3. The Labute approximate surface area is 69.7 Å². The molecule has 0 spiro atoms. The van der Waals surface area contributed by atoms with Crippen molar-refractivity contribution in [3.63, 3.8) is 0 Å². The van der Waals surface area contributed by atoms with E-state index < -0.39 is 0 Å². The Balaban J connectivity index is 2.78. The highest BCUT2D eigenvalue weighted by atomic mass is 16.1. The molecule has 1 rings (SSSR count). The van der Waals surface area contributed by atoms with Crippen molar-refractivity contribution in [2.45, 2.75) is 13.8 Å². The van der Waals surface area contributed by atoms with Crippen molar-refractivity contribution >= 4 is 11.7 Å². The molecule has 0 fully saturated rings. The highest BCUT2D eigenvalue weighted by Gasteiger charge is 2.10. The summed E-state index contributed by atoms with van der Waals surface area (Å²) >= 11 is 0. The summed E-state index contributed by atoms with van der Waals surface area (Å²) in [4.78, 5) is 17.8. The van der Waals surface area contributed by atoms with Gasteiger partial charge in [0.25, 0.3) is 5.91 Å². The number of hydrogen-bond donors (Lipinski definition) is 3. The van der Waals surface area contributed by atoms with Gasteiger partial charge in [0.05, 0.1) is 12.2 Å². The first-order chi connectivity index (χ1) is 5.61. The van der Waals surface area contributed by atoms with E-state index in [0.29, 0.717) is 11.4 Å². The van der Waals surface area contributed by atoms with Crippen LogP contribution >= 0.6 is 0 Å². The van der Waals surface area contributed by atoms with Crippen molar-refractivity contribution in [3.8, 4) is 0 Å². The van der Waals surface area contributed by atoms with Gasteiger partial charge in [0.1, 0.15) is 5.69 Å². The molecule has 0 aromatic carbocycles. The molecule has 0 aliphatic rings. The van der Waals surface area contributed by atoms with Gasteiger partial charge in [-0.3, -0.25) is 10.2 Å². The van der Waals surface area contributed by atoms with Crippen LogP contribution in [0, 0.1) is 12.3 Å². The Morgan fingerprint density at radius 3 is 2.83 bits per heavy atom. The van der Waals surface area contributed by atoms with Crippen molar-refractivity contribution in [3.05, 3.63) is 17.7 Å². The van der Waals surface area contributed by atoms with Gasteiger partial charge in [-0.05, 0) is 13.8 Å². The van der Waals surface area contributed by atoms with Crippen LogP contribution in [0.5, 0.6) is 0 Å². The van der Waals surface area contributed by atoms with E-state index >= 15 is 0 Å². The highest BCUT2D eigenvalue weighted by Crippen LogP contribution is 1.98. The van der Waals surface area contributed by atoms with E-state index in [9.17, 15) is 4.79 Å². The molecule has 0 saturated carbocycles. The van der Waals surface area contributed by atoms with Crippen LogP contribution in [0.1, 0.15) is 23.1 Å². The van der Waals surface area contributed by atoms with Gasteiger partial charge >= 0.3 is 0 Å². The minimum absolute atomic E-state index is 0.113. The van der Waals surface area contributed by atoms with Gasteiger partial charge in [0.2, 0.25) is 0 Å². The van der Waals surface area contributed by atoms with E-state index in [1.165, 1.54) is 13.3 Å². The fraction of sp³-hybridized carbons (Fsp3) is 0.286. The highest BCUT2D eigenvalue weighted by molar-refractivity contribution is 6.04. The Hall–Kier alpha value is -1.65. The van der Waals surface area contributed by atoms with E-state index in [2.05, 4.69) is 15.3 Å². The molecular formula is C7H10N4O. The molecule has 0 radical (unpaired) electrons. The van der Waals surface area contributed by atoms with E-state index in [-0.39, 0.29) is 11.7 Å². The third kappa shape index (κ3) is 1.69. The SMILES string of the molecule is CC(=N)NC(=O)c1nc[nH]c1C. The Kier molecular flexibility index (Phi) is 2.23. The molecule has 0 saturated heterocycles. The molecule has 64 valence electrons. The van der Waals surface area contributed by atoms with Crippen LogP contribution < -0.4 is 5.32 Å². The summed E-state index contributed by atoms with van der Waals surface area (Å²) < 4.78 is 0. The largest absolute Gasteiger partial charge is 0.348 e.